The van der Waals surface area contributed by atoms with E-state index in [1.54, 1.807) is 13.2 Å². The van der Waals surface area contributed by atoms with Gasteiger partial charge in [0.15, 0.2) is 10.8 Å². The van der Waals surface area contributed by atoms with E-state index in [9.17, 15) is 4.21 Å². The minimum atomic E-state index is -1.31. The van der Waals surface area contributed by atoms with Crippen molar-refractivity contribution in [2.75, 3.05) is 7.11 Å². The molecule has 0 aliphatic carbocycles. The smallest absolute Gasteiger partial charge is 0.215 e. The molecule has 0 saturated heterocycles. The van der Waals surface area contributed by atoms with E-state index in [1.807, 2.05) is 26.1 Å². The number of aromatic amines is 1. The lowest BCUT2D eigenvalue weighted by Gasteiger charge is -2.09. The van der Waals surface area contributed by atoms with Crippen LogP contribution in [0.15, 0.2) is 23.5 Å². The second-order valence-electron chi connectivity index (χ2n) is 5.39. The third kappa shape index (κ3) is 3.31. The molecule has 0 spiro atoms. The van der Waals surface area contributed by atoms with E-state index < -0.39 is 10.8 Å². The van der Waals surface area contributed by atoms with Gasteiger partial charge in [0.25, 0.3) is 0 Å². The SMILES string of the molecule is C.COc1ccc2[nH]c(S(=O)Cc3ncc(C)c(C)c3C)nc2n1. The highest BCUT2D eigenvalue weighted by Gasteiger charge is 2.15. The van der Waals surface area contributed by atoms with Gasteiger partial charge >= 0.3 is 0 Å². The van der Waals surface area contributed by atoms with Gasteiger partial charge in [-0.25, -0.2) is 4.98 Å². The lowest BCUT2D eigenvalue weighted by Crippen LogP contribution is -2.04. The molecule has 3 aromatic rings. The highest BCUT2D eigenvalue weighted by atomic mass is 32.2. The van der Waals surface area contributed by atoms with Gasteiger partial charge in [-0.3, -0.25) is 9.19 Å². The summed E-state index contributed by atoms with van der Waals surface area (Å²) in [5.41, 5.74) is 5.46. The molecule has 3 aromatic heterocycles. The maximum atomic E-state index is 12.6. The van der Waals surface area contributed by atoms with Crippen LogP contribution in [0.3, 0.4) is 0 Å². The van der Waals surface area contributed by atoms with Gasteiger partial charge in [0.1, 0.15) is 0 Å². The second kappa shape index (κ2) is 7.09. The zero-order valence-corrected chi connectivity index (χ0v) is 14.3. The summed E-state index contributed by atoms with van der Waals surface area (Å²) in [5.74, 6) is 0.803. The van der Waals surface area contributed by atoms with Crippen LogP contribution in [0.5, 0.6) is 5.88 Å². The van der Waals surface area contributed by atoms with Gasteiger partial charge in [-0.2, -0.15) is 4.98 Å². The van der Waals surface area contributed by atoms with Crippen LogP contribution >= 0.6 is 0 Å². The first-order valence-corrected chi connectivity index (χ1v) is 8.52. The van der Waals surface area contributed by atoms with Crippen molar-refractivity contribution in [1.82, 2.24) is 19.9 Å². The van der Waals surface area contributed by atoms with Gasteiger partial charge in [0, 0.05) is 12.3 Å². The van der Waals surface area contributed by atoms with Gasteiger partial charge < -0.3 is 9.72 Å². The number of fused-ring (bicyclic) bond motifs is 1. The molecule has 3 rings (SSSR count). The molecule has 6 nitrogen and oxygen atoms in total. The molecule has 7 heteroatoms. The molecule has 0 bridgehead atoms. The molecular weight excluding hydrogens is 324 g/mol. The first-order valence-electron chi connectivity index (χ1n) is 7.20. The minimum absolute atomic E-state index is 0. The van der Waals surface area contributed by atoms with E-state index in [4.69, 9.17) is 4.74 Å². The van der Waals surface area contributed by atoms with E-state index in [-0.39, 0.29) is 7.43 Å². The molecule has 3 heterocycles. The molecule has 0 amide bonds. The molecule has 1 atom stereocenters. The Bertz CT molecular complexity index is 905. The standard InChI is InChI=1S/C16H18N4O2S.CH4/c1-9-7-17-13(11(3)10(9)2)8-23(21)16-18-12-5-6-14(22-4)19-15(12)20-16;/h5-7H,8H2,1-4H3,(H,18,19,20);1H4. The quantitative estimate of drug-likeness (QED) is 0.784. The van der Waals surface area contributed by atoms with Crippen LogP contribution in [-0.4, -0.2) is 31.3 Å². The van der Waals surface area contributed by atoms with Crippen molar-refractivity contribution in [2.24, 2.45) is 0 Å². The van der Waals surface area contributed by atoms with Gasteiger partial charge in [-0.1, -0.05) is 7.43 Å². The Morgan fingerprint density at radius 1 is 1.17 bits per heavy atom. The van der Waals surface area contributed by atoms with E-state index in [0.717, 1.165) is 22.3 Å². The van der Waals surface area contributed by atoms with Crippen molar-refractivity contribution in [3.8, 4) is 5.88 Å². The average molecular weight is 346 g/mol. The molecule has 0 saturated carbocycles. The highest BCUT2D eigenvalue weighted by Crippen LogP contribution is 2.20. The second-order valence-corrected chi connectivity index (χ2v) is 6.76. The zero-order chi connectivity index (χ0) is 16.6. The number of aromatic nitrogens is 4. The van der Waals surface area contributed by atoms with Crippen molar-refractivity contribution in [3.05, 3.63) is 40.7 Å². The van der Waals surface area contributed by atoms with E-state index in [0.29, 0.717) is 22.4 Å². The third-order valence-electron chi connectivity index (χ3n) is 3.99. The van der Waals surface area contributed by atoms with Crippen LogP contribution in [-0.2, 0) is 16.6 Å². The van der Waals surface area contributed by atoms with E-state index in [1.165, 1.54) is 5.56 Å². The summed E-state index contributed by atoms with van der Waals surface area (Å²) >= 11 is 0. The van der Waals surface area contributed by atoms with Gasteiger partial charge in [-0.15, -0.1) is 0 Å². The van der Waals surface area contributed by atoms with Crippen molar-refractivity contribution >= 4 is 22.0 Å². The molecule has 0 radical (unpaired) electrons. The predicted molar refractivity (Wildman–Crippen MR) is 95.7 cm³/mol. The average Bonchev–Trinajstić information content (AvgIpc) is 2.98. The van der Waals surface area contributed by atoms with Gasteiger partial charge in [-0.05, 0) is 43.5 Å². The van der Waals surface area contributed by atoms with Crippen molar-refractivity contribution in [1.29, 1.82) is 0 Å². The maximum Gasteiger partial charge on any atom is 0.215 e. The number of aryl methyl sites for hydroxylation is 1. The van der Waals surface area contributed by atoms with Crippen LogP contribution in [0.1, 0.15) is 29.8 Å². The van der Waals surface area contributed by atoms with Gasteiger partial charge in [0.05, 0.1) is 34.9 Å². The van der Waals surface area contributed by atoms with E-state index in [2.05, 4.69) is 26.9 Å². The number of pyridine rings is 2. The Morgan fingerprint density at radius 2 is 1.92 bits per heavy atom. The Hall–Kier alpha value is -2.28. The summed E-state index contributed by atoms with van der Waals surface area (Å²) in [6, 6.07) is 3.55. The summed E-state index contributed by atoms with van der Waals surface area (Å²) < 4.78 is 17.7. The molecular formula is C17H22N4O2S. The Labute approximate surface area is 144 Å². The highest BCUT2D eigenvalue weighted by molar-refractivity contribution is 7.84. The number of nitrogens with zero attached hydrogens (tertiary/aromatic N) is 3. The number of H-pyrrole nitrogens is 1. The monoisotopic (exact) mass is 346 g/mol. The minimum Gasteiger partial charge on any atom is -0.481 e. The molecule has 0 fully saturated rings. The normalized spacial score (nSPS) is 12.0. The largest absolute Gasteiger partial charge is 0.481 e. The number of ether oxygens (including phenoxy) is 1. The summed E-state index contributed by atoms with van der Waals surface area (Å²) in [6.07, 6.45) is 1.82. The fourth-order valence-corrected chi connectivity index (χ4v) is 3.38. The fraction of sp³-hybridized carbons (Fsp3) is 0.353. The Kier molecular flexibility index (Phi) is 5.33. The number of hydrogen-bond donors (Lipinski definition) is 1. The molecule has 1 N–H and O–H groups in total. The first kappa shape index (κ1) is 18.1. The number of imidazole rings is 1. The Balaban J connectivity index is 0.00000208. The van der Waals surface area contributed by atoms with Crippen molar-refractivity contribution < 1.29 is 8.95 Å². The lowest BCUT2D eigenvalue weighted by molar-refractivity contribution is 0.399. The summed E-state index contributed by atoms with van der Waals surface area (Å²) in [5, 5.41) is 0.403. The van der Waals surface area contributed by atoms with Crippen LogP contribution in [0.4, 0.5) is 0 Å². The summed E-state index contributed by atoms with van der Waals surface area (Å²) in [6.45, 7) is 6.08. The molecule has 128 valence electrons. The number of hydrogen-bond acceptors (Lipinski definition) is 5. The molecule has 0 aliphatic heterocycles. The van der Waals surface area contributed by atoms with Crippen molar-refractivity contribution in [2.45, 2.75) is 39.1 Å². The van der Waals surface area contributed by atoms with Crippen LogP contribution in [0.2, 0.25) is 0 Å². The first-order chi connectivity index (χ1) is 11.0. The van der Waals surface area contributed by atoms with Crippen LogP contribution in [0, 0.1) is 20.8 Å². The summed E-state index contributed by atoms with van der Waals surface area (Å²) in [7, 11) is 0.239. The predicted octanol–water partition coefficient (Wildman–Crippen LogP) is 3.23. The molecule has 0 aromatic carbocycles. The lowest BCUT2D eigenvalue weighted by atomic mass is 10.1. The number of methoxy groups -OCH3 is 1. The molecule has 24 heavy (non-hydrogen) atoms. The zero-order valence-electron chi connectivity index (χ0n) is 13.5. The maximum absolute atomic E-state index is 12.6. The summed E-state index contributed by atoms with van der Waals surface area (Å²) in [4.78, 5) is 16.0. The van der Waals surface area contributed by atoms with Gasteiger partial charge in [0.2, 0.25) is 5.88 Å². The third-order valence-corrected chi connectivity index (χ3v) is 5.15. The van der Waals surface area contributed by atoms with E-state index >= 15 is 0 Å². The topological polar surface area (TPSA) is 80.8 Å². The van der Waals surface area contributed by atoms with Crippen molar-refractivity contribution in [3.63, 3.8) is 0 Å². The van der Waals surface area contributed by atoms with Crippen LogP contribution in [0.25, 0.3) is 11.2 Å². The molecule has 1 unspecified atom stereocenters. The number of nitrogens with one attached hydrogen (secondary N) is 1. The number of rotatable bonds is 4. The molecule has 0 aliphatic rings. The Morgan fingerprint density at radius 3 is 2.62 bits per heavy atom. The fourth-order valence-electron chi connectivity index (χ4n) is 2.29. The van der Waals surface area contributed by atoms with Crippen LogP contribution < -0.4 is 4.74 Å².